The summed E-state index contributed by atoms with van der Waals surface area (Å²) in [5.41, 5.74) is 0.588. The molecule has 1 heterocycles. The molecule has 3 rings (SSSR count). The summed E-state index contributed by atoms with van der Waals surface area (Å²) in [6, 6.07) is 9.74. The van der Waals surface area contributed by atoms with Crippen molar-refractivity contribution in [1.82, 2.24) is 15.0 Å². The molecule has 0 radical (unpaired) electrons. The van der Waals surface area contributed by atoms with Crippen LogP contribution in [-0.4, -0.2) is 57.3 Å². The average Bonchev–Trinajstić information content (AvgIpc) is 3.23. The van der Waals surface area contributed by atoms with Crippen molar-refractivity contribution in [2.24, 2.45) is 0 Å². The lowest BCUT2D eigenvalue weighted by Crippen LogP contribution is -2.39. The largest absolute Gasteiger partial charge is 0.573 e. The summed E-state index contributed by atoms with van der Waals surface area (Å²) in [6.07, 6.45) is -4.82. The van der Waals surface area contributed by atoms with E-state index in [1.54, 1.807) is 0 Å². The quantitative estimate of drug-likeness (QED) is 0.518. The fraction of sp³-hybridized carbons (Fsp3) is 0.250. The normalized spacial score (nSPS) is 12.4. The molecule has 1 amide bonds. The van der Waals surface area contributed by atoms with Crippen LogP contribution in [0.3, 0.4) is 0 Å². The molecule has 8 nitrogen and oxygen atoms in total. The van der Waals surface area contributed by atoms with Crippen LogP contribution in [0.5, 0.6) is 5.75 Å². The summed E-state index contributed by atoms with van der Waals surface area (Å²) in [5, 5.41) is 23.5. The number of aliphatic hydroxyl groups excluding tert-OH is 2. The van der Waals surface area contributed by atoms with Crippen LogP contribution in [0.2, 0.25) is 5.02 Å². The number of aromatic nitrogens is 2. The van der Waals surface area contributed by atoms with Gasteiger partial charge >= 0.3 is 6.36 Å². The van der Waals surface area contributed by atoms with Gasteiger partial charge in [0.15, 0.2) is 0 Å². The van der Waals surface area contributed by atoms with Crippen LogP contribution >= 0.6 is 11.6 Å². The van der Waals surface area contributed by atoms with Crippen LogP contribution in [0.1, 0.15) is 22.3 Å². The smallest absolute Gasteiger partial charge is 0.406 e. The number of rotatable bonds is 8. The predicted octanol–water partition coefficient (Wildman–Crippen LogP) is 3.46. The first-order valence-electron chi connectivity index (χ1n) is 9.20. The molecule has 0 fully saturated rings. The summed E-state index contributed by atoms with van der Waals surface area (Å²) in [6.45, 7) is -1.11. The maximum absolute atomic E-state index is 12.9. The predicted molar refractivity (Wildman–Crippen MR) is 106 cm³/mol. The lowest BCUT2D eigenvalue weighted by atomic mass is 10.1. The van der Waals surface area contributed by atoms with E-state index < -0.39 is 37.3 Å². The number of hydrogen-bond acceptors (Lipinski definition) is 7. The molecule has 12 heteroatoms. The van der Waals surface area contributed by atoms with Crippen LogP contribution < -0.4 is 4.74 Å². The molecule has 2 N–H and O–H groups in total. The first-order chi connectivity index (χ1) is 15.2. The summed E-state index contributed by atoms with van der Waals surface area (Å²) < 4.78 is 45.9. The Morgan fingerprint density at radius 2 is 1.78 bits per heavy atom. The second kappa shape index (κ2) is 9.98. The van der Waals surface area contributed by atoms with E-state index in [-0.39, 0.29) is 23.8 Å². The van der Waals surface area contributed by atoms with Gasteiger partial charge in [0.1, 0.15) is 11.8 Å². The standard InChI is InChI=1S/C20H17ClF3N3O5/c21-14-5-1-13(2-6-14)19(30)27(9-10-28)16(11-29)18-25-17(26-32-18)12-3-7-15(8-4-12)31-20(22,23)24/h1-8,16,28-29H,9-11H2/t16-/m0/s1. The number of benzene rings is 2. The highest BCUT2D eigenvalue weighted by atomic mass is 35.5. The fourth-order valence-corrected chi connectivity index (χ4v) is 2.99. The number of alkyl halides is 3. The highest BCUT2D eigenvalue weighted by Gasteiger charge is 2.32. The van der Waals surface area contributed by atoms with Gasteiger partial charge in [0, 0.05) is 22.7 Å². The summed E-state index contributed by atoms with van der Waals surface area (Å²) in [4.78, 5) is 18.2. The number of amides is 1. The minimum absolute atomic E-state index is 0.0277. The molecule has 0 saturated carbocycles. The van der Waals surface area contributed by atoms with Crippen molar-refractivity contribution >= 4 is 17.5 Å². The van der Waals surface area contributed by atoms with Gasteiger partial charge in [0.05, 0.1) is 13.2 Å². The zero-order valence-electron chi connectivity index (χ0n) is 16.3. The molecule has 1 aromatic heterocycles. The van der Waals surface area contributed by atoms with Gasteiger partial charge in [-0.2, -0.15) is 4.98 Å². The molecular formula is C20H17ClF3N3O5. The second-order valence-corrected chi connectivity index (χ2v) is 6.89. The third-order valence-electron chi connectivity index (χ3n) is 4.31. The Balaban J connectivity index is 1.83. The third kappa shape index (κ3) is 5.75. The van der Waals surface area contributed by atoms with Crippen molar-refractivity contribution in [3.8, 4) is 17.1 Å². The van der Waals surface area contributed by atoms with E-state index >= 15 is 0 Å². The monoisotopic (exact) mass is 471 g/mol. The van der Waals surface area contributed by atoms with Gasteiger partial charge in [-0.3, -0.25) is 4.79 Å². The number of hydrogen-bond donors (Lipinski definition) is 2. The van der Waals surface area contributed by atoms with Gasteiger partial charge in [-0.1, -0.05) is 16.8 Å². The number of aliphatic hydroxyl groups is 2. The van der Waals surface area contributed by atoms with E-state index in [0.717, 1.165) is 12.1 Å². The molecule has 0 aliphatic heterocycles. The van der Waals surface area contributed by atoms with Crippen molar-refractivity contribution in [3.05, 3.63) is 65.0 Å². The Kier molecular flexibility index (Phi) is 7.33. The van der Waals surface area contributed by atoms with E-state index in [4.69, 9.17) is 16.1 Å². The molecule has 3 aromatic rings. The van der Waals surface area contributed by atoms with Crippen LogP contribution in [0, 0.1) is 0 Å². The zero-order valence-corrected chi connectivity index (χ0v) is 17.0. The summed E-state index contributed by atoms with van der Waals surface area (Å²) >= 11 is 5.84. The lowest BCUT2D eigenvalue weighted by molar-refractivity contribution is -0.274. The fourth-order valence-electron chi connectivity index (χ4n) is 2.87. The molecule has 170 valence electrons. The second-order valence-electron chi connectivity index (χ2n) is 6.46. The Labute approximate surface area is 184 Å². The van der Waals surface area contributed by atoms with Crippen LogP contribution in [0.25, 0.3) is 11.4 Å². The summed E-state index contributed by atoms with van der Waals surface area (Å²) in [7, 11) is 0. The lowest BCUT2D eigenvalue weighted by Gasteiger charge is -2.27. The Morgan fingerprint density at radius 3 is 2.34 bits per heavy atom. The third-order valence-corrected chi connectivity index (χ3v) is 4.57. The average molecular weight is 472 g/mol. The topological polar surface area (TPSA) is 109 Å². The van der Waals surface area contributed by atoms with Gasteiger partial charge < -0.3 is 24.4 Å². The molecule has 0 aliphatic carbocycles. The molecule has 1 atom stereocenters. The maximum atomic E-state index is 12.9. The Hall–Kier alpha value is -3.15. The Bertz CT molecular complexity index is 1040. The van der Waals surface area contributed by atoms with Crippen LogP contribution in [0.4, 0.5) is 13.2 Å². The maximum Gasteiger partial charge on any atom is 0.573 e. The first kappa shape index (κ1) is 23.5. The van der Waals surface area contributed by atoms with Gasteiger partial charge in [0.2, 0.25) is 5.82 Å². The van der Waals surface area contributed by atoms with E-state index in [2.05, 4.69) is 14.9 Å². The molecule has 2 aromatic carbocycles. The van der Waals surface area contributed by atoms with E-state index in [9.17, 15) is 28.2 Å². The number of nitrogens with zero attached hydrogens (tertiary/aromatic N) is 3. The van der Waals surface area contributed by atoms with Crippen molar-refractivity contribution in [1.29, 1.82) is 0 Å². The SMILES string of the molecule is O=C(c1ccc(Cl)cc1)N(CCO)[C@@H](CO)c1nc(-c2ccc(OC(F)(F)F)cc2)no1. The highest BCUT2D eigenvalue weighted by Crippen LogP contribution is 2.27. The minimum Gasteiger partial charge on any atom is -0.406 e. The van der Waals surface area contributed by atoms with Gasteiger partial charge in [0.25, 0.3) is 11.8 Å². The molecule has 0 spiro atoms. The van der Waals surface area contributed by atoms with Crippen LogP contribution in [0.15, 0.2) is 53.1 Å². The van der Waals surface area contributed by atoms with Gasteiger partial charge in [-0.05, 0) is 48.5 Å². The zero-order chi connectivity index (χ0) is 23.3. The summed E-state index contributed by atoms with van der Waals surface area (Å²) in [5.74, 6) is -1.02. The number of ether oxygens (including phenoxy) is 1. The highest BCUT2D eigenvalue weighted by molar-refractivity contribution is 6.30. The van der Waals surface area contributed by atoms with E-state index in [1.807, 2.05) is 0 Å². The van der Waals surface area contributed by atoms with Crippen molar-refractivity contribution in [3.63, 3.8) is 0 Å². The molecule has 0 saturated heterocycles. The molecule has 32 heavy (non-hydrogen) atoms. The number of carbonyl (C=O) groups is 1. The number of halogens is 4. The molecule has 0 unspecified atom stereocenters. The molecular weight excluding hydrogens is 455 g/mol. The molecule has 0 aliphatic rings. The van der Waals surface area contributed by atoms with Crippen molar-refractivity contribution < 1.29 is 37.4 Å². The van der Waals surface area contributed by atoms with E-state index in [1.165, 1.54) is 41.3 Å². The molecule has 0 bridgehead atoms. The van der Waals surface area contributed by atoms with Crippen molar-refractivity contribution in [2.45, 2.75) is 12.4 Å². The van der Waals surface area contributed by atoms with E-state index in [0.29, 0.717) is 10.6 Å². The van der Waals surface area contributed by atoms with Crippen molar-refractivity contribution in [2.75, 3.05) is 19.8 Å². The number of carbonyl (C=O) groups excluding carboxylic acids is 1. The minimum atomic E-state index is -4.82. The van der Waals surface area contributed by atoms with Gasteiger partial charge in [-0.25, -0.2) is 0 Å². The van der Waals surface area contributed by atoms with Gasteiger partial charge in [-0.15, -0.1) is 13.2 Å². The Morgan fingerprint density at radius 1 is 1.12 bits per heavy atom. The van der Waals surface area contributed by atoms with Crippen LogP contribution in [-0.2, 0) is 0 Å². The first-order valence-corrected chi connectivity index (χ1v) is 9.57.